The molecule has 0 heterocycles. The summed E-state index contributed by atoms with van der Waals surface area (Å²) in [6.07, 6.45) is 16.4. The largest absolute Gasteiger partial charge is 0.508 e. The van der Waals surface area contributed by atoms with E-state index in [1.807, 2.05) is 174 Å². The number of hydrogen-bond acceptors (Lipinski definition) is 6. The third kappa shape index (κ3) is 29.7. The van der Waals surface area contributed by atoms with Crippen LogP contribution in [0.1, 0.15) is 138 Å². The van der Waals surface area contributed by atoms with Gasteiger partial charge >= 0.3 is 0 Å². The number of nitrogens with one attached hydrogen (secondary N) is 4. The number of allylic oxidation sites excluding steroid dienone is 4. The first-order valence-electron chi connectivity index (χ1n) is 28.1. The van der Waals surface area contributed by atoms with Gasteiger partial charge in [0.15, 0.2) is 0 Å². The first-order chi connectivity index (χ1) is 39.1. The van der Waals surface area contributed by atoms with E-state index in [1.54, 1.807) is 42.5 Å². The molecule has 0 spiro atoms. The normalized spacial score (nSPS) is 10.2. The number of carbonyl (C=O) groups excluding carboxylic acids is 4. The number of hydrogen-bond donors (Lipinski definition) is 6. The predicted octanol–water partition coefficient (Wildman–Crippen LogP) is 16.6. The van der Waals surface area contributed by atoms with Crippen molar-refractivity contribution < 1.29 is 29.4 Å². The van der Waals surface area contributed by atoms with Gasteiger partial charge in [0.1, 0.15) is 11.5 Å². The molecule has 0 radical (unpaired) electrons. The molecule has 7 rings (SSSR count). The summed E-state index contributed by atoms with van der Waals surface area (Å²) in [5.74, 6) is -0.00672. The smallest absolute Gasteiger partial charge is 0.259 e. The molecule has 428 valence electrons. The van der Waals surface area contributed by atoms with Gasteiger partial charge in [0.05, 0.1) is 5.56 Å². The van der Waals surface area contributed by atoms with E-state index in [0.717, 1.165) is 70.6 Å². The second kappa shape index (κ2) is 41.3. The van der Waals surface area contributed by atoms with Crippen LogP contribution in [0.25, 0.3) is 0 Å². The molecule has 7 aromatic carbocycles. The summed E-state index contributed by atoms with van der Waals surface area (Å²) in [6.45, 7) is 23.1. The van der Waals surface area contributed by atoms with E-state index in [9.17, 15) is 24.3 Å². The van der Waals surface area contributed by atoms with Crippen LogP contribution in [-0.2, 0) is 17.6 Å². The van der Waals surface area contributed by atoms with E-state index in [2.05, 4.69) is 67.7 Å². The summed E-state index contributed by atoms with van der Waals surface area (Å²) in [6, 6.07) is 54.8. The van der Waals surface area contributed by atoms with Gasteiger partial charge in [-0.25, -0.2) is 0 Å². The minimum atomic E-state index is -0.308. The number of unbranched alkanes of at least 4 members (excludes halogenated alkanes) is 5. The molecule has 0 aliphatic carbocycles. The van der Waals surface area contributed by atoms with Crippen molar-refractivity contribution in [3.63, 3.8) is 0 Å². The Balaban J connectivity index is 0.000000342. The average Bonchev–Trinajstić information content (AvgIpc) is 3.47. The lowest BCUT2D eigenvalue weighted by atomic mass is 10.1. The summed E-state index contributed by atoms with van der Waals surface area (Å²) in [4.78, 5) is 46.9. The van der Waals surface area contributed by atoms with Crippen molar-refractivity contribution in [2.45, 2.75) is 114 Å². The zero-order valence-electron chi connectivity index (χ0n) is 49.4. The zero-order chi connectivity index (χ0) is 59.6. The number of aromatic hydroxyl groups is 2. The van der Waals surface area contributed by atoms with Gasteiger partial charge in [0.25, 0.3) is 17.7 Å². The third-order valence-corrected chi connectivity index (χ3v) is 12.2. The molecule has 0 aliphatic heterocycles. The highest BCUT2D eigenvalue weighted by atomic mass is 16.3. The second-order valence-corrected chi connectivity index (χ2v) is 19.0. The van der Waals surface area contributed by atoms with Gasteiger partial charge in [-0.15, -0.1) is 0 Å². The van der Waals surface area contributed by atoms with E-state index in [0.29, 0.717) is 12.3 Å². The molecular formula is C71H88N4O6. The fourth-order valence-corrected chi connectivity index (χ4v) is 7.38. The summed E-state index contributed by atoms with van der Waals surface area (Å²) in [5, 5.41) is 29.8. The molecule has 10 nitrogen and oxygen atoms in total. The highest BCUT2D eigenvalue weighted by molar-refractivity contribution is 6.06. The molecule has 0 aliphatic rings. The fraction of sp³-hybridized carbons (Fsp3) is 0.268. The van der Waals surface area contributed by atoms with Crippen LogP contribution in [0.2, 0.25) is 0 Å². The van der Waals surface area contributed by atoms with Gasteiger partial charge in [-0.05, 0) is 149 Å². The molecule has 0 aromatic heterocycles. The van der Waals surface area contributed by atoms with Crippen molar-refractivity contribution in [3.05, 3.63) is 262 Å². The van der Waals surface area contributed by atoms with Crippen LogP contribution in [0.3, 0.4) is 0 Å². The Morgan fingerprint density at radius 3 is 1.35 bits per heavy atom. The van der Waals surface area contributed by atoms with Gasteiger partial charge in [-0.2, -0.15) is 0 Å². The van der Waals surface area contributed by atoms with Crippen molar-refractivity contribution in [1.29, 1.82) is 0 Å². The molecule has 0 saturated heterocycles. The van der Waals surface area contributed by atoms with Gasteiger partial charge in [0.2, 0.25) is 5.91 Å². The number of phenolic OH excluding ortho intramolecular Hbond substituents is 2. The first kappa shape index (κ1) is 68.3. The molecule has 81 heavy (non-hydrogen) atoms. The highest BCUT2D eigenvalue weighted by Gasteiger charge is 2.11. The van der Waals surface area contributed by atoms with Crippen LogP contribution in [0.5, 0.6) is 11.5 Å². The van der Waals surface area contributed by atoms with E-state index in [-0.39, 0.29) is 34.9 Å². The Morgan fingerprint density at radius 1 is 0.469 bits per heavy atom. The van der Waals surface area contributed by atoms with Crippen molar-refractivity contribution in [2.75, 3.05) is 23.7 Å². The van der Waals surface area contributed by atoms with E-state index in [4.69, 9.17) is 5.11 Å². The molecule has 0 fully saturated rings. The molecule has 0 saturated carbocycles. The predicted molar refractivity (Wildman–Crippen MR) is 340 cm³/mol. The molecule has 7 aromatic rings. The number of carbonyl (C=O) groups is 4. The van der Waals surface area contributed by atoms with Crippen LogP contribution < -0.4 is 21.3 Å². The standard InChI is InChI=1S/C16H19NO.C16H25NO.C15H15NO2.C10H13NO.C7H8O.C7H8/c1-4-6-7-13(3)12-16(18)17-15-10-8-14(5-2)9-11-15;1-3-4-5-6-7-10-13-17-16(18)15-12-9-8-11-14(15)2;1-2-11-7-9-12(10-8-11)16-15(18)13-5-3-4-6-14(13)17;1-3-11-10(12)9-7-5-4-6-8(9)2;1-6-4-2-3-5-7(6)8;1-7-5-3-2-4-6-7/h4,6-12H,1,5H2,2-3H3,(H,17,18);8-9,11-12H,3-7,10,13H2,1-2H3,(H,17,18);3-10,17H,2H2,1H3,(H,16,18);4-7H,3H2,1-2H3,(H,11,12);2-5,8H,1H3;2-6H,1H3/b7-6-,13-12+;;;;;. The number of amides is 4. The lowest BCUT2D eigenvalue weighted by Gasteiger charge is -2.07. The topological polar surface area (TPSA) is 157 Å². The van der Waals surface area contributed by atoms with Crippen LogP contribution in [-0.4, -0.2) is 46.9 Å². The Bertz CT molecular complexity index is 2960. The van der Waals surface area contributed by atoms with Crippen molar-refractivity contribution >= 4 is 35.0 Å². The third-order valence-electron chi connectivity index (χ3n) is 12.2. The average molecular weight is 1090 g/mol. The van der Waals surface area contributed by atoms with Crippen molar-refractivity contribution in [1.82, 2.24) is 10.6 Å². The van der Waals surface area contributed by atoms with E-state index in [1.165, 1.54) is 54.9 Å². The second-order valence-electron chi connectivity index (χ2n) is 19.0. The first-order valence-corrected chi connectivity index (χ1v) is 28.1. The lowest BCUT2D eigenvalue weighted by Crippen LogP contribution is -2.25. The van der Waals surface area contributed by atoms with Gasteiger partial charge < -0.3 is 31.5 Å². The van der Waals surface area contributed by atoms with Gasteiger partial charge in [0, 0.05) is 41.7 Å². The number of para-hydroxylation sites is 2. The molecule has 10 heteroatoms. The maximum Gasteiger partial charge on any atom is 0.259 e. The number of benzene rings is 7. The maximum atomic E-state index is 11.9. The van der Waals surface area contributed by atoms with Crippen molar-refractivity contribution in [2.24, 2.45) is 0 Å². The van der Waals surface area contributed by atoms with Crippen LogP contribution >= 0.6 is 0 Å². The molecule has 4 amide bonds. The number of rotatable bonds is 18. The van der Waals surface area contributed by atoms with Gasteiger partial charge in [-0.1, -0.05) is 205 Å². The number of anilines is 2. The lowest BCUT2D eigenvalue weighted by molar-refractivity contribution is -0.112. The van der Waals surface area contributed by atoms with E-state index < -0.39 is 0 Å². The summed E-state index contributed by atoms with van der Waals surface area (Å²) >= 11 is 0. The number of aryl methyl sites for hydroxylation is 6. The minimum absolute atomic E-state index is 0.00981. The Kier molecular flexibility index (Phi) is 34.9. The molecule has 6 N–H and O–H groups in total. The molecule has 0 bridgehead atoms. The molecule has 0 atom stereocenters. The van der Waals surface area contributed by atoms with Crippen molar-refractivity contribution in [3.8, 4) is 11.5 Å². The number of phenols is 2. The monoisotopic (exact) mass is 1090 g/mol. The quantitative estimate of drug-likeness (QED) is 0.0285. The highest BCUT2D eigenvalue weighted by Crippen LogP contribution is 2.19. The molecular weight excluding hydrogens is 1000 g/mol. The fourth-order valence-electron chi connectivity index (χ4n) is 7.38. The van der Waals surface area contributed by atoms with E-state index >= 15 is 0 Å². The zero-order valence-corrected chi connectivity index (χ0v) is 49.4. The summed E-state index contributed by atoms with van der Waals surface area (Å²) in [5.41, 5.74) is 11.0. The minimum Gasteiger partial charge on any atom is -0.508 e. The Labute approximate surface area is 484 Å². The summed E-state index contributed by atoms with van der Waals surface area (Å²) in [7, 11) is 0. The van der Waals surface area contributed by atoms with Crippen LogP contribution in [0, 0.1) is 27.7 Å². The summed E-state index contributed by atoms with van der Waals surface area (Å²) < 4.78 is 0. The SMILES string of the molecule is C=C/C=C\C(C)=C\C(=O)Nc1ccc(CC)cc1.CCCCCCCCNC(=O)c1ccccc1C.CCNC(=O)c1ccccc1C.CCc1ccc(NC(=O)c2ccccc2O)cc1.Cc1ccccc1.Cc1ccccc1O. The maximum absolute atomic E-state index is 11.9. The van der Waals surface area contributed by atoms with Crippen LogP contribution in [0.15, 0.2) is 212 Å². The van der Waals surface area contributed by atoms with Gasteiger partial charge in [-0.3, -0.25) is 19.2 Å². The van der Waals surface area contributed by atoms with Crippen LogP contribution in [0.4, 0.5) is 11.4 Å². The molecule has 0 unspecified atom stereocenters. The Hall–Kier alpha value is -8.76. The Morgan fingerprint density at radius 2 is 0.914 bits per heavy atom.